The van der Waals surface area contributed by atoms with E-state index in [2.05, 4.69) is 15.0 Å². The predicted octanol–water partition coefficient (Wildman–Crippen LogP) is 1.41. The molecule has 0 saturated carbocycles. The second-order valence-corrected chi connectivity index (χ2v) is 4.08. The standard InChI is InChI=1S/C13H13N5O2/c1-19-9-4-3-8(5-10(9)20-2)18-7-17-11-12(14)15-6-16-13(11)18/h3-7H,1-2H3,(H2,14,15,16). The third kappa shape index (κ3) is 1.80. The van der Waals surface area contributed by atoms with Crippen molar-refractivity contribution in [2.24, 2.45) is 0 Å². The van der Waals surface area contributed by atoms with Crippen molar-refractivity contribution in [2.75, 3.05) is 20.0 Å². The number of nitrogens with two attached hydrogens (primary N) is 1. The van der Waals surface area contributed by atoms with Crippen LogP contribution in [0.2, 0.25) is 0 Å². The smallest absolute Gasteiger partial charge is 0.170 e. The lowest BCUT2D eigenvalue weighted by molar-refractivity contribution is 0.355. The number of hydrogen-bond acceptors (Lipinski definition) is 6. The zero-order chi connectivity index (χ0) is 14.1. The summed E-state index contributed by atoms with van der Waals surface area (Å²) in [4.78, 5) is 12.4. The molecule has 0 bridgehead atoms. The van der Waals surface area contributed by atoms with Gasteiger partial charge in [0.15, 0.2) is 28.5 Å². The summed E-state index contributed by atoms with van der Waals surface area (Å²) in [5.41, 5.74) is 7.84. The molecule has 0 aliphatic heterocycles. The van der Waals surface area contributed by atoms with Crippen LogP contribution in [0, 0.1) is 0 Å². The van der Waals surface area contributed by atoms with Crippen LogP contribution in [-0.2, 0) is 0 Å². The Morgan fingerprint density at radius 1 is 1.05 bits per heavy atom. The number of nitrogens with zero attached hydrogens (tertiary/aromatic N) is 4. The molecule has 7 nitrogen and oxygen atoms in total. The van der Waals surface area contributed by atoms with Gasteiger partial charge >= 0.3 is 0 Å². The second-order valence-electron chi connectivity index (χ2n) is 4.08. The van der Waals surface area contributed by atoms with Crippen LogP contribution < -0.4 is 15.2 Å². The minimum atomic E-state index is 0.356. The number of benzene rings is 1. The van der Waals surface area contributed by atoms with E-state index in [1.165, 1.54) is 6.33 Å². The zero-order valence-electron chi connectivity index (χ0n) is 11.1. The first-order valence-electron chi connectivity index (χ1n) is 5.90. The van der Waals surface area contributed by atoms with E-state index in [0.717, 1.165) is 5.69 Å². The second kappa shape index (κ2) is 4.69. The van der Waals surface area contributed by atoms with Gasteiger partial charge in [-0.1, -0.05) is 0 Å². The maximum Gasteiger partial charge on any atom is 0.170 e. The van der Waals surface area contributed by atoms with Gasteiger partial charge in [-0.3, -0.25) is 4.57 Å². The first-order chi connectivity index (χ1) is 9.74. The molecule has 2 N–H and O–H groups in total. The summed E-state index contributed by atoms with van der Waals surface area (Å²) < 4.78 is 12.3. The minimum Gasteiger partial charge on any atom is -0.493 e. The largest absolute Gasteiger partial charge is 0.493 e. The van der Waals surface area contributed by atoms with Crippen molar-refractivity contribution < 1.29 is 9.47 Å². The Labute approximate surface area is 115 Å². The number of hydrogen-bond donors (Lipinski definition) is 1. The Morgan fingerprint density at radius 2 is 1.85 bits per heavy atom. The van der Waals surface area contributed by atoms with E-state index >= 15 is 0 Å². The fourth-order valence-electron chi connectivity index (χ4n) is 2.02. The Morgan fingerprint density at radius 3 is 2.60 bits per heavy atom. The molecular weight excluding hydrogens is 258 g/mol. The monoisotopic (exact) mass is 271 g/mol. The highest BCUT2D eigenvalue weighted by atomic mass is 16.5. The Balaban J connectivity index is 2.18. The van der Waals surface area contributed by atoms with Crippen LogP contribution in [0.15, 0.2) is 30.9 Å². The molecule has 0 radical (unpaired) electrons. The van der Waals surface area contributed by atoms with Crippen LogP contribution in [0.4, 0.5) is 5.82 Å². The van der Waals surface area contributed by atoms with Crippen molar-refractivity contribution in [1.82, 2.24) is 19.5 Å². The maximum absolute atomic E-state index is 5.78. The SMILES string of the molecule is COc1ccc(-n2cnc3c(N)ncnc32)cc1OC. The van der Waals surface area contributed by atoms with Crippen molar-refractivity contribution >= 4 is 17.0 Å². The van der Waals surface area contributed by atoms with Crippen LogP contribution in [0.5, 0.6) is 11.5 Å². The van der Waals surface area contributed by atoms with Gasteiger partial charge in [0.25, 0.3) is 0 Å². The molecule has 2 heterocycles. The van der Waals surface area contributed by atoms with Crippen molar-refractivity contribution in [3.05, 3.63) is 30.9 Å². The first-order valence-corrected chi connectivity index (χ1v) is 5.90. The summed E-state index contributed by atoms with van der Waals surface area (Å²) in [5, 5.41) is 0. The summed E-state index contributed by atoms with van der Waals surface area (Å²) in [5.74, 6) is 1.65. The van der Waals surface area contributed by atoms with E-state index in [-0.39, 0.29) is 0 Å². The molecule has 2 aromatic heterocycles. The molecule has 102 valence electrons. The van der Waals surface area contributed by atoms with Crippen molar-refractivity contribution in [3.8, 4) is 17.2 Å². The van der Waals surface area contributed by atoms with Gasteiger partial charge in [-0.05, 0) is 12.1 Å². The van der Waals surface area contributed by atoms with Gasteiger partial charge in [0.1, 0.15) is 12.7 Å². The lowest BCUT2D eigenvalue weighted by Gasteiger charge is -2.10. The highest BCUT2D eigenvalue weighted by molar-refractivity contribution is 5.82. The summed E-state index contributed by atoms with van der Waals surface area (Å²) >= 11 is 0. The summed E-state index contributed by atoms with van der Waals surface area (Å²) in [6.45, 7) is 0. The summed E-state index contributed by atoms with van der Waals surface area (Å²) in [7, 11) is 3.19. The number of fused-ring (bicyclic) bond motifs is 1. The van der Waals surface area contributed by atoms with Crippen molar-refractivity contribution in [2.45, 2.75) is 0 Å². The highest BCUT2D eigenvalue weighted by Crippen LogP contribution is 2.30. The Kier molecular flexibility index (Phi) is 2.86. The molecule has 20 heavy (non-hydrogen) atoms. The number of imidazole rings is 1. The fourth-order valence-corrected chi connectivity index (χ4v) is 2.02. The zero-order valence-corrected chi connectivity index (χ0v) is 11.1. The fraction of sp³-hybridized carbons (Fsp3) is 0.154. The molecule has 0 fully saturated rings. The number of anilines is 1. The van der Waals surface area contributed by atoms with Gasteiger partial charge in [-0.25, -0.2) is 15.0 Å². The van der Waals surface area contributed by atoms with Crippen molar-refractivity contribution in [3.63, 3.8) is 0 Å². The van der Waals surface area contributed by atoms with E-state index in [4.69, 9.17) is 15.2 Å². The van der Waals surface area contributed by atoms with Crippen LogP contribution in [0.1, 0.15) is 0 Å². The van der Waals surface area contributed by atoms with Crippen LogP contribution >= 0.6 is 0 Å². The number of ether oxygens (including phenoxy) is 2. The third-order valence-corrected chi connectivity index (χ3v) is 3.01. The molecule has 0 amide bonds. The van der Waals surface area contributed by atoms with Gasteiger partial charge in [0.2, 0.25) is 0 Å². The quantitative estimate of drug-likeness (QED) is 0.775. The Bertz CT molecular complexity index is 769. The molecule has 3 aromatic rings. The Hall–Kier alpha value is -2.83. The van der Waals surface area contributed by atoms with Crippen LogP contribution in [-0.4, -0.2) is 33.7 Å². The molecule has 0 unspecified atom stereocenters. The molecule has 0 aliphatic carbocycles. The molecule has 3 rings (SSSR count). The van der Waals surface area contributed by atoms with E-state index in [1.807, 2.05) is 22.8 Å². The number of methoxy groups -OCH3 is 2. The van der Waals surface area contributed by atoms with Gasteiger partial charge in [-0.15, -0.1) is 0 Å². The maximum atomic E-state index is 5.78. The van der Waals surface area contributed by atoms with Crippen LogP contribution in [0.3, 0.4) is 0 Å². The van der Waals surface area contributed by atoms with E-state index in [9.17, 15) is 0 Å². The topological polar surface area (TPSA) is 88.1 Å². The first kappa shape index (κ1) is 12.2. The van der Waals surface area contributed by atoms with E-state index in [0.29, 0.717) is 28.5 Å². The van der Waals surface area contributed by atoms with E-state index < -0.39 is 0 Å². The molecule has 0 aliphatic rings. The molecule has 1 aromatic carbocycles. The van der Waals surface area contributed by atoms with Gasteiger partial charge in [0, 0.05) is 6.07 Å². The van der Waals surface area contributed by atoms with Gasteiger partial charge < -0.3 is 15.2 Å². The van der Waals surface area contributed by atoms with Gasteiger partial charge in [-0.2, -0.15) is 0 Å². The molecule has 0 spiro atoms. The minimum absolute atomic E-state index is 0.356. The normalized spacial score (nSPS) is 10.7. The summed E-state index contributed by atoms with van der Waals surface area (Å²) in [6, 6.07) is 5.56. The van der Waals surface area contributed by atoms with Crippen LogP contribution in [0.25, 0.3) is 16.9 Å². The lowest BCUT2D eigenvalue weighted by atomic mass is 10.2. The van der Waals surface area contributed by atoms with E-state index in [1.54, 1.807) is 20.5 Å². The average Bonchev–Trinajstić information content (AvgIpc) is 2.92. The predicted molar refractivity (Wildman–Crippen MR) is 74.2 cm³/mol. The molecule has 0 atom stereocenters. The lowest BCUT2D eigenvalue weighted by Crippen LogP contribution is -1.98. The molecular formula is C13H13N5O2. The summed E-state index contributed by atoms with van der Waals surface area (Å²) in [6.07, 6.45) is 3.06. The molecule has 7 heteroatoms. The number of rotatable bonds is 3. The third-order valence-electron chi connectivity index (χ3n) is 3.01. The number of nitrogen functional groups attached to an aromatic ring is 1. The average molecular weight is 271 g/mol. The van der Waals surface area contributed by atoms with Crippen molar-refractivity contribution in [1.29, 1.82) is 0 Å². The number of aromatic nitrogens is 4. The highest BCUT2D eigenvalue weighted by Gasteiger charge is 2.11. The van der Waals surface area contributed by atoms with Gasteiger partial charge in [0.05, 0.1) is 19.9 Å². The molecule has 0 saturated heterocycles.